The number of carbonyl (C=O) groups excluding carboxylic acids is 1. The third kappa shape index (κ3) is 3.16. The number of carbonyl (C=O) groups is 1. The molecule has 1 fully saturated rings. The lowest BCUT2D eigenvalue weighted by Crippen LogP contribution is -2.54. The van der Waals surface area contributed by atoms with Gasteiger partial charge in [0.25, 0.3) is 0 Å². The Morgan fingerprint density at radius 3 is 2.71 bits per heavy atom. The molecule has 0 aliphatic carbocycles. The monoisotopic (exact) mass is 393 g/mol. The largest absolute Gasteiger partial charge is 0.451 e. The molecule has 1 saturated heterocycles. The number of esters is 1. The fraction of sp³-hybridized carbons (Fsp3) is 0.364. The molecule has 2 aliphatic heterocycles. The Morgan fingerprint density at radius 2 is 1.93 bits per heavy atom. The smallest absolute Gasteiger partial charge is 0.339 e. The number of aromatic nitrogens is 1. The molecule has 3 atom stereocenters. The Bertz CT molecular complexity index is 1000. The summed E-state index contributed by atoms with van der Waals surface area (Å²) in [5.74, 6) is -0.247. The minimum Gasteiger partial charge on any atom is -0.451 e. The lowest BCUT2D eigenvalue weighted by molar-refractivity contribution is 0.0253. The molecule has 144 valence electrons. The van der Waals surface area contributed by atoms with Gasteiger partial charge in [0, 0.05) is 37.3 Å². The van der Waals surface area contributed by atoms with E-state index in [9.17, 15) is 4.79 Å². The van der Waals surface area contributed by atoms with Crippen molar-refractivity contribution >= 4 is 33.2 Å². The standard InChI is InChI=1S/C22H23N3O2S/c1-13-11-25(12-14(2)23-13)16-8-7-15-9-19(27-22(26)17(15)10-16)21-24-18-5-3-4-6-20(18)28-21/h3-8,10,13-14,19,23H,9,11-12H2,1-2H3/t13-,14+,19?. The molecule has 5 nitrogen and oxygen atoms in total. The molecule has 0 radical (unpaired) electrons. The minimum absolute atomic E-state index is 0.247. The predicted molar refractivity (Wildman–Crippen MR) is 112 cm³/mol. The van der Waals surface area contributed by atoms with E-state index in [-0.39, 0.29) is 12.1 Å². The number of thiazole rings is 1. The second kappa shape index (κ2) is 6.87. The molecular weight excluding hydrogens is 370 g/mol. The highest BCUT2D eigenvalue weighted by Crippen LogP contribution is 2.36. The van der Waals surface area contributed by atoms with Gasteiger partial charge in [-0.3, -0.25) is 0 Å². The van der Waals surface area contributed by atoms with Crippen molar-refractivity contribution in [1.82, 2.24) is 10.3 Å². The third-order valence-electron chi connectivity index (χ3n) is 5.48. The van der Waals surface area contributed by atoms with E-state index in [4.69, 9.17) is 4.74 Å². The molecule has 2 aromatic carbocycles. The van der Waals surface area contributed by atoms with Crippen molar-refractivity contribution in [2.75, 3.05) is 18.0 Å². The Labute approximate surface area is 168 Å². The maximum Gasteiger partial charge on any atom is 0.339 e. The van der Waals surface area contributed by atoms with Gasteiger partial charge < -0.3 is 15.0 Å². The molecule has 3 heterocycles. The molecule has 1 N–H and O–H groups in total. The first kappa shape index (κ1) is 17.6. The van der Waals surface area contributed by atoms with Crippen molar-refractivity contribution in [2.45, 2.75) is 38.5 Å². The van der Waals surface area contributed by atoms with Crippen molar-refractivity contribution in [3.05, 3.63) is 58.6 Å². The van der Waals surface area contributed by atoms with Crippen LogP contribution in [0, 0.1) is 0 Å². The fourth-order valence-corrected chi connectivity index (χ4v) is 5.26. The topological polar surface area (TPSA) is 54.5 Å². The van der Waals surface area contributed by atoms with E-state index < -0.39 is 0 Å². The van der Waals surface area contributed by atoms with E-state index in [1.54, 1.807) is 11.3 Å². The highest BCUT2D eigenvalue weighted by Gasteiger charge is 2.31. The van der Waals surface area contributed by atoms with Crippen molar-refractivity contribution in [3.8, 4) is 0 Å². The summed E-state index contributed by atoms with van der Waals surface area (Å²) in [6.07, 6.45) is 0.373. The summed E-state index contributed by atoms with van der Waals surface area (Å²) in [5, 5.41) is 4.42. The number of rotatable bonds is 2. The van der Waals surface area contributed by atoms with Gasteiger partial charge in [-0.1, -0.05) is 18.2 Å². The van der Waals surface area contributed by atoms with Crippen molar-refractivity contribution in [2.24, 2.45) is 0 Å². The number of hydrogen-bond acceptors (Lipinski definition) is 6. The molecular formula is C22H23N3O2S. The molecule has 0 saturated carbocycles. The molecule has 28 heavy (non-hydrogen) atoms. The maximum absolute atomic E-state index is 12.8. The quantitative estimate of drug-likeness (QED) is 0.669. The molecule has 1 aromatic heterocycles. The van der Waals surface area contributed by atoms with Crippen LogP contribution in [0.4, 0.5) is 5.69 Å². The summed E-state index contributed by atoms with van der Waals surface area (Å²) in [6, 6.07) is 15.1. The van der Waals surface area contributed by atoms with Crippen LogP contribution in [0.25, 0.3) is 10.2 Å². The number of benzene rings is 2. The van der Waals surface area contributed by atoms with Gasteiger partial charge in [0.05, 0.1) is 15.8 Å². The van der Waals surface area contributed by atoms with Crippen LogP contribution in [0.1, 0.15) is 40.9 Å². The molecule has 1 unspecified atom stereocenters. The zero-order chi connectivity index (χ0) is 19.3. The molecule has 0 bridgehead atoms. The third-order valence-corrected chi connectivity index (χ3v) is 6.60. The van der Waals surface area contributed by atoms with Gasteiger partial charge in [-0.15, -0.1) is 11.3 Å². The average Bonchev–Trinajstić information content (AvgIpc) is 3.11. The number of fused-ring (bicyclic) bond motifs is 2. The first-order valence-corrected chi connectivity index (χ1v) is 10.6. The van der Waals surface area contributed by atoms with Crippen molar-refractivity contribution in [3.63, 3.8) is 0 Å². The van der Waals surface area contributed by atoms with Crippen LogP contribution in [0.3, 0.4) is 0 Å². The van der Waals surface area contributed by atoms with Crippen LogP contribution in [0.15, 0.2) is 42.5 Å². The Hall–Kier alpha value is -2.44. The number of ether oxygens (including phenoxy) is 1. The lowest BCUT2D eigenvalue weighted by Gasteiger charge is -2.38. The Kier molecular flexibility index (Phi) is 4.33. The summed E-state index contributed by atoms with van der Waals surface area (Å²) in [5.41, 5.74) is 3.78. The summed E-state index contributed by atoms with van der Waals surface area (Å²) < 4.78 is 6.91. The number of hydrogen-bond donors (Lipinski definition) is 1. The van der Waals surface area contributed by atoms with Crippen LogP contribution in [0.2, 0.25) is 0 Å². The van der Waals surface area contributed by atoms with Gasteiger partial charge in [0.1, 0.15) is 5.01 Å². The normalized spacial score (nSPS) is 24.9. The molecule has 5 rings (SSSR count). The van der Waals surface area contributed by atoms with Gasteiger partial charge in [-0.05, 0) is 43.7 Å². The van der Waals surface area contributed by atoms with Crippen molar-refractivity contribution in [1.29, 1.82) is 0 Å². The van der Waals surface area contributed by atoms with Gasteiger partial charge >= 0.3 is 5.97 Å². The van der Waals surface area contributed by atoms with Crippen LogP contribution in [0.5, 0.6) is 0 Å². The number of nitrogens with one attached hydrogen (secondary N) is 1. The molecule has 6 heteroatoms. The number of cyclic esters (lactones) is 1. The fourth-order valence-electron chi connectivity index (χ4n) is 4.27. The lowest BCUT2D eigenvalue weighted by atomic mass is 9.97. The maximum atomic E-state index is 12.8. The summed E-state index contributed by atoms with van der Waals surface area (Å²) in [6.45, 7) is 6.26. The Morgan fingerprint density at radius 1 is 1.14 bits per heavy atom. The highest BCUT2D eigenvalue weighted by atomic mass is 32.1. The van der Waals surface area contributed by atoms with E-state index in [2.05, 4.69) is 47.2 Å². The van der Waals surface area contributed by atoms with E-state index in [1.807, 2.05) is 24.3 Å². The SMILES string of the molecule is C[C@@H]1CN(c2ccc3c(c2)C(=O)OC(c2nc4ccccc4s2)C3)C[C@H](C)N1. The van der Waals surface area contributed by atoms with E-state index >= 15 is 0 Å². The number of nitrogens with zero attached hydrogens (tertiary/aromatic N) is 2. The molecule has 0 spiro atoms. The number of anilines is 1. The summed E-state index contributed by atoms with van der Waals surface area (Å²) in [7, 11) is 0. The van der Waals surface area contributed by atoms with Crippen LogP contribution >= 0.6 is 11.3 Å². The van der Waals surface area contributed by atoms with E-state index in [0.717, 1.165) is 39.6 Å². The summed E-state index contributed by atoms with van der Waals surface area (Å²) >= 11 is 1.60. The Balaban J connectivity index is 1.42. The van der Waals surface area contributed by atoms with Crippen LogP contribution in [-0.4, -0.2) is 36.1 Å². The number of para-hydroxylation sites is 1. The van der Waals surface area contributed by atoms with E-state index in [1.165, 1.54) is 0 Å². The summed E-state index contributed by atoms with van der Waals surface area (Å²) in [4.78, 5) is 19.8. The highest BCUT2D eigenvalue weighted by molar-refractivity contribution is 7.18. The van der Waals surface area contributed by atoms with Gasteiger partial charge in [-0.25, -0.2) is 9.78 Å². The second-order valence-corrected chi connectivity index (χ2v) is 8.90. The van der Waals surface area contributed by atoms with E-state index in [0.29, 0.717) is 24.1 Å². The van der Waals surface area contributed by atoms with Crippen molar-refractivity contribution < 1.29 is 9.53 Å². The zero-order valence-corrected chi connectivity index (χ0v) is 16.8. The average molecular weight is 394 g/mol. The van der Waals surface area contributed by atoms with Gasteiger partial charge in [0.2, 0.25) is 0 Å². The van der Waals surface area contributed by atoms with Gasteiger partial charge in [-0.2, -0.15) is 0 Å². The van der Waals surface area contributed by atoms with Crippen LogP contribution < -0.4 is 10.2 Å². The second-order valence-electron chi connectivity index (χ2n) is 7.83. The molecule has 3 aromatic rings. The predicted octanol–water partition coefficient (Wildman–Crippen LogP) is 3.94. The number of piperazine rings is 1. The zero-order valence-electron chi connectivity index (χ0n) is 16.0. The first-order chi connectivity index (χ1) is 13.6. The molecule has 2 aliphatic rings. The minimum atomic E-state index is -0.303. The first-order valence-electron chi connectivity index (χ1n) is 9.77. The molecule has 0 amide bonds. The van der Waals surface area contributed by atoms with Gasteiger partial charge in [0.15, 0.2) is 6.10 Å². The van der Waals surface area contributed by atoms with Crippen LogP contribution in [-0.2, 0) is 11.2 Å².